The van der Waals surface area contributed by atoms with Crippen molar-refractivity contribution in [2.24, 2.45) is 0 Å². The first-order chi connectivity index (χ1) is 15.0. The molecular formula is C24H24ClFN4O. The quantitative estimate of drug-likeness (QED) is 0.532. The van der Waals surface area contributed by atoms with E-state index in [-0.39, 0.29) is 5.69 Å². The van der Waals surface area contributed by atoms with Gasteiger partial charge in [0.2, 0.25) is 5.91 Å². The third-order valence-corrected chi connectivity index (χ3v) is 5.77. The van der Waals surface area contributed by atoms with Gasteiger partial charge in [0.15, 0.2) is 0 Å². The van der Waals surface area contributed by atoms with Gasteiger partial charge in [-0.15, -0.1) is 0 Å². The minimum atomic E-state index is -0.448. The maximum atomic E-state index is 14.5. The average Bonchev–Trinajstić information content (AvgIpc) is 3.38. The van der Waals surface area contributed by atoms with Crippen LogP contribution in [0.25, 0.3) is 6.08 Å². The van der Waals surface area contributed by atoms with E-state index in [9.17, 15) is 9.18 Å². The molecule has 0 saturated carbocycles. The van der Waals surface area contributed by atoms with Crippen LogP contribution in [0.15, 0.2) is 54.6 Å². The first kappa shape index (κ1) is 21.1. The lowest BCUT2D eigenvalue weighted by Crippen LogP contribution is -2.21. The number of amides is 1. The molecule has 0 radical (unpaired) electrons. The number of carbonyl (C=O) groups is 1. The largest absolute Gasteiger partial charge is 0.370 e. The van der Waals surface area contributed by atoms with Crippen LogP contribution < -0.4 is 10.2 Å². The predicted octanol–water partition coefficient (Wildman–Crippen LogP) is 5.28. The Morgan fingerprint density at radius 1 is 1.16 bits per heavy atom. The Hall–Kier alpha value is -3.12. The lowest BCUT2D eigenvalue weighted by atomic mass is 10.2. The molecule has 1 aliphatic heterocycles. The van der Waals surface area contributed by atoms with Gasteiger partial charge in [0.1, 0.15) is 16.7 Å². The topological polar surface area (TPSA) is 50.2 Å². The van der Waals surface area contributed by atoms with Gasteiger partial charge in [-0.3, -0.25) is 4.79 Å². The summed E-state index contributed by atoms with van der Waals surface area (Å²) in [5.41, 5.74) is 3.38. The first-order valence-corrected chi connectivity index (χ1v) is 10.7. The van der Waals surface area contributed by atoms with Gasteiger partial charge >= 0.3 is 0 Å². The molecule has 4 rings (SSSR count). The summed E-state index contributed by atoms with van der Waals surface area (Å²) in [6.45, 7) is 4.09. The minimum absolute atomic E-state index is 0.210. The fraction of sp³-hybridized carbons (Fsp3) is 0.250. The standard InChI is InChI=1S/C24H24ClFN4O/c1-17-19(24(25)30(28-17)16-18-8-3-2-4-9-18)12-13-22(31)27-23-20(26)10-7-11-21(23)29-14-5-6-15-29/h2-4,7-13H,5-6,14-16H2,1H3,(H,27,31)/b13-12+. The molecule has 0 spiro atoms. The molecule has 1 N–H and O–H groups in total. The fourth-order valence-corrected chi connectivity index (χ4v) is 4.10. The van der Waals surface area contributed by atoms with Crippen molar-refractivity contribution < 1.29 is 9.18 Å². The van der Waals surface area contributed by atoms with Crippen molar-refractivity contribution in [2.75, 3.05) is 23.3 Å². The smallest absolute Gasteiger partial charge is 0.248 e. The zero-order valence-electron chi connectivity index (χ0n) is 17.3. The van der Waals surface area contributed by atoms with E-state index in [1.54, 1.807) is 16.8 Å². The summed E-state index contributed by atoms with van der Waals surface area (Å²) >= 11 is 6.51. The number of carbonyl (C=O) groups excluding carboxylic acids is 1. The van der Waals surface area contributed by atoms with Crippen molar-refractivity contribution in [3.63, 3.8) is 0 Å². The lowest BCUT2D eigenvalue weighted by Gasteiger charge is -2.21. The van der Waals surface area contributed by atoms with Crippen LogP contribution in [-0.2, 0) is 11.3 Å². The maximum absolute atomic E-state index is 14.5. The van der Waals surface area contributed by atoms with Gasteiger partial charge in [0.05, 0.1) is 17.9 Å². The second-order valence-electron chi connectivity index (χ2n) is 7.58. The summed E-state index contributed by atoms with van der Waals surface area (Å²) in [7, 11) is 0. The Kier molecular flexibility index (Phi) is 6.37. The Morgan fingerprint density at radius 2 is 1.90 bits per heavy atom. The number of rotatable bonds is 6. The summed E-state index contributed by atoms with van der Waals surface area (Å²) < 4.78 is 16.2. The van der Waals surface area contributed by atoms with Gasteiger partial charge in [-0.1, -0.05) is 48.0 Å². The summed E-state index contributed by atoms with van der Waals surface area (Å²) in [4.78, 5) is 14.7. The number of hydrogen-bond donors (Lipinski definition) is 1. The molecule has 0 aliphatic carbocycles. The van der Waals surface area contributed by atoms with Gasteiger partial charge < -0.3 is 10.2 Å². The van der Waals surface area contributed by atoms with Crippen LogP contribution in [0.4, 0.5) is 15.8 Å². The van der Waals surface area contributed by atoms with E-state index < -0.39 is 11.7 Å². The molecule has 1 saturated heterocycles. The molecule has 7 heteroatoms. The van der Waals surface area contributed by atoms with Crippen molar-refractivity contribution in [3.05, 3.63) is 82.4 Å². The van der Waals surface area contributed by atoms with Crippen molar-refractivity contribution in [3.8, 4) is 0 Å². The van der Waals surface area contributed by atoms with E-state index in [2.05, 4.69) is 15.3 Å². The van der Waals surface area contributed by atoms with Crippen LogP contribution in [0.2, 0.25) is 5.15 Å². The molecule has 1 aliphatic rings. The number of nitrogens with one attached hydrogen (secondary N) is 1. The molecule has 0 bridgehead atoms. The normalized spacial score (nSPS) is 13.8. The number of halogens is 2. The molecule has 1 aromatic heterocycles. The van der Waals surface area contributed by atoms with E-state index in [0.29, 0.717) is 28.6 Å². The average molecular weight is 439 g/mol. The molecule has 2 aromatic carbocycles. The summed E-state index contributed by atoms with van der Waals surface area (Å²) in [6.07, 6.45) is 5.11. The summed E-state index contributed by atoms with van der Waals surface area (Å²) in [6, 6.07) is 14.7. The molecule has 160 valence electrons. The number of nitrogens with zero attached hydrogens (tertiary/aromatic N) is 3. The van der Waals surface area contributed by atoms with Gasteiger partial charge in [0.25, 0.3) is 0 Å². The Morgan fingerprint density at radius 3 is 2.65 bits per heavy atom. The summed E-state index contributed by atoms with van der Waals surface area (Å²) in [5.74, 6) is -0.868. The van der Waals surface area contributed by atoms with E-state index in [4.69, 9.17) is 11.6 Å². The zero-order chi connectivity index (χ0) is 21.8. The van der Waals surface area contributed by atoms with Crippen LogP contribution in [0.1, 0.15) is 29.7 Å². The van der Waals surface area contributed by atoms with E-state index in [0.717, 1.165) is 31.5 Å². The monoisotopic (exact) mass is 438 g/mol. The Balaban J connectivity index is 1.50. The highest BCUT2D eigenvalue weighted by Crippen LogP contribution is 2.31. The number of hydrogen-bond acceptors (Lipinski definition) is 3. The van der Waals surface area contributed by atoms with Crippen LogP contribution in [0.5, 0.6) is 0 Å². The van der Waals surface area contributed by atoms with Crippen molar-refractivity contribution in [1.29, 1.82) is 0 Å². The molecule has 0 unspecified atom stereocenters. The van der Waals surface area contributed by atoms with Crippen LogP contribution >= 0.6 is 11.6 Å². The van der Waals surface area contributed by atoms with Crippen molar-refractivity contribution in [2.45, 2.75) is 26.3 Å². The van der Waals surface area contributed by atoms with Gasteiger partial charge in [-0.05, 0) is 43.5 Å². The van der Waals surface area contributed by atoms with E-state index in [1.165, 1.54) is 12.1 Å². The highest BCUT2D eigenvalue weighted by molar-refractivity contribution is 6.31. The zero-order valence-corrected chi connectivity index (χ0v) is 18.1. The SMILES string of the molecule is Cc1nn(Cc2ccccc2)c(Cl)c1/C=C/C(=O)Nc1c(F)cccc1N1CCCC1. The highest BCUT2D eigenvalue weighted by atomic mass is 35.5. The lowest BCUT2D eigenvalue weighted by molar-refractivity contribution is -0.111. The van der Waals surface area contributed by atoms with E-state index >= 15 is 0 Å². The molecule has 1 amide bonds. The number of para-hydroxylation sites is 1. The molecule has 1 fully saturated rings. The first-order valence-electron chi connectivity index (χ1n) is 10.3. The van der Waals surface area contributed by atoms with Crippen LogP contribution in [0.3, 0.4) is 0 Å². The highest BCUT2D eigenvalue weighted by Gasteiger charge is 2.19. The predicted molar refractivity (Wildman–Crippen MR) is 123 cm³/mol. The molecular weight excluding hydrogens is 415 g/mol. The molecule has 31 heavy (non-hydrogen) atoms. The van der Waals surface area contributed by atoms with Gasteiger partial charge in [-0.25, -0.2) is 9.07 Å². The molecule has 2 heterocycles. The third-order valence-electron chi connectivity index (χ3n) is 5.37. The summed E-state index contributed by atoms with van der Waals surface area (Å²) in [5, 5.41) is 7.63. The van der Waals surface area contributed by atoms with E-state index in [1.807, 2.05) is 43.3 Å². The van der Waals surface area contributed by atoms with Gasteiger partial charge in [0, 0.05) is 24.7 Å². The van der Waals surface area contributed by atoms with Crippen molar-refractivity contribution >= 4 is 35.0 Å². The van der Waals surface area contributed by atoms with Crippen LogP contribution in [0, 0.1) is 12.7 Å². The second kappa shape index (κ2) is 9.35. The molecule has 0 atom stereocenters. The van der Waals surface area contributed by atoms with Crippen molar-refractivity contribution in [1.82, 2.24) is 9.78 Å². The Bertz CT molecular complexity index is 1100. The second-order valence-corrected chi connectivity index (χ2v) is 7.94. The number of benzene rings is 2. The van der Waals surface area contributed by atoms with Gasteiger partial charge in [-0.2, -0.15) is 5.10 Å². The maximum Gasteiger partial charge on any atom is 0.248 e. The molecule has 5 nitrogen and oxygen atoms in total. The van der Waals surface area contributed by atoms with Crippen LogP contribution in [-0.4, -0.2) is 28.8 Å². The third kappa shape index (κ3) is 4.80. The number of aromatic nitrogens is 2. The Labute approximate surface area is 186 Å². The fourth-order valence-electron chi connectivity index (χ4n) is 3.80. The molecule has 3 aromatic rings. The minimum Gasteiger partial charge on any atom is -0.370 e. The number of anilines is 2. The number of aryl methyl sites for hydroxylation is 1.